The Bertz CT molecular complexity index is 922. The second-order valence-corrected chi connectivity index (χ2v) is 9.29. The lowest BCUT2D eigenvalue weighted by Crippen LogP contribution is -2.47. The number of rotatable bonds is 5. The fourth-order valence-corrected chi connectivity index (χ4v) is 5.24. The zero-order chi connectivity index (χ0) is 22.3. The number of benzene rings is 1. The lowest BCUT2D eigenvalue weighted by atomic mass is 9.76. The third-order valence-electron chi connectivity index (χ3n) is 6.81. The number of imide groups is 1. The molecule has 0 N–H and O–H groups in total. The number of amides is 2. The van der Waals surface area contributed by atoms with E-state index < -0.39 is 4.92 Å². The van der Waals surface area contributed by atoms with E-state index in [-0.39, 0.29) is 29.3 Å². The quantitative estimate of drug-likeness (QED) is 0.311. The van der Waals surface area contributed by atoms with Crippen molar-refractivity contribution >= 4 is 28.9 Å². The van der Waals surface area contributed by atoms with Crippen LogP contribution in [0.4, 0.5) is 17.1 Å². The molecule has 3 aliphatic rings. The molecule has 0 radical (unpaired) electrons. The van der Waals surface area contributed by atoms with Gasteiger partial charge >= 0.3 is 0 Å². The van der Waals surface area contributed by atoms with Gasteiger partial charge in [-0.25, -0.2) is 4.90 Å². The van der Waals surface area contributed by atoms with Gasteiger partial charge in [-0.2, -0.15) is 0 Å². The van der Waals surface area contributed by atoms with Crippen LogP contribution in [0.2, 0.25) is 0 Å². The van der Waals surface area contributed by atoms with Gasteiger partial charge in [-0.15, -0.1) is 0 Å². The first-order chi connectivity index (χ1) is 14.8. The second kappa shape index (κ2) is 8.42. The van der Waals surface area contributed by atoms with Crippen LogP contribution in [0.25, 0.3) is 0 Å². The highest BCUT2D eigenvalue weighted by molar-refractivity contribution is 6.22. The van der Waals surface area contributed by atoms with Gasteiger partial charge in [0.2, 0.25) is 11.8 Å². The van der Waals surface area contributed by atoms with E-state index in [9.17, 15) is 19.7 Å². The number of carbonyl (C=O) groups excluding carboxylic acids is 2. The minimum Gasteiger partial charge on any atom is -0.363 e. The molecule has 0 spiro atoms. The van der Waals surface area contributed by atoms with E-state index in [0.29, 0.717) is 43.2 Å². The molecule has 1 aromatic carbocycles. The molecular weight excluding hydrogens is 396 g/mol. The number of fused-ring (bicyclic) bond motifs is 1. The lowest BCUT2D eigenvalue weighted by Gasteiger charge is -2.36. The van der Waals surface area contributed by atoms with Crippen molar-refractivity contribution in [1.29, 1.82) is 0 Å². The van der Waals surface area contributed by atoms with E-state index in [2.05, 4.69) is 18.4 Å². The first-order valence-electron chi connectivity index (χ1n) is 11.0. The fraction of sp³-hybridized carbons (Fsp3) is 0.565. The molecular formula is C23H30N4O4. The summed E-state index contributed by atoms with van der Waals surface area (Å²) in [7, 11) is 0. The zero-order valence-corrected chi connectivity index (χ0v) is 18.2. The summed E-state index contributed by atoms with van der Waals surface area (Å²) in [6.45, 7) is 11.8. The fourth-order valence-electron chi connectivity index (χ4n) is 5.24. The number of carbonyl (C=O) groups is 2. The third-order valence-corrected chi connectivity index (χ3v) is 6.81. The monoisotopic (exact) mass is 426 g/mol. The smallest absolute Gasteiger partial charge is 0.294 e. The highest BCUT2D eigenvalue weighted by atomic mass is 16.6. The topological polar surface area (TPSA) is 87.0 Å². The van der Waals surface area contributed by atoms with Gasteiger partial charge in [-0.1, -0.05) is 19.1 Å². The molecule has 4 rings (SSSR count). The highest BCUT2D eigenvalue weighted by Gasteiger charge is 2.50. The number of piperazine rings is 1. The number of nitrogens with zero attached hydrogens (tertiary/aromatic N) is 4. The predicted molar refractivity (Wildman–Crippen MR) is 119 cm³/mol. The number of nitro groups is 1. The first-order valence-corrected chi connectivity index (χ1v) is 11.0. The maximum absolute atomic E-state index is 13.0. The highest BCUT2D eigenvalue weighted by Crippen LogP contribution is 2.43. The molecule has 1 aromatic rings. The lowest BCUT2D eigenvalue weighted by molar-refractivity contribution is -0.384. The Hall–Kier alpha value is -2.74. The van der Waals surface area contributed by atoms with Gasteiger partial charge in [0.25, 0.3) is 5.69 Å². The molecule has 31 heavy (non-hydrogen) atoms. The zero-order valence-electron chi connectivity index (χ0n) is 18.2. The van der Waals surface area contributed by atoms with Gasteiger partial charge in [0.1, 0.15) is 5.69 Å². The Morgan fingerprint density at radius 3 is 2.45 bits per heavy atom. The van der Waals surface area contributed by atoms with Crippen molar-refractivity contribution < 1.29 is 14.5 Å². The Kier molecular flexibility index (Phi) is 5.83. The summed E-state index contributed by atoms with van der Waals surface area (Å²) in [5, 5.41) is 11.9. The van der Waals surface area contributed by atoms with E-state index in [0.717, 1.165) is 31.6 Å². The number of anilines is 2. The minimum atomic E-state index is -0.417. The molecule has 166 valence electrons. The molecule has 0 unspecified atom stereocenters. The molecule has 2 amide bonds. The van der Waals surface area contributed by atoms with Crippen molar-refractivity contribution in [2.75, 3.05) is 42.5 Å². The molecule has 3 fully saturated rings. The van der Waals surface area contributed by atoms with Gasteiger partial charge in [-0.3, -0.25) is 24.6 Å². The van der Waals surface area contributed by atoms with E-state index in [1.165, 1.54) is 11.0 Å². The number of hydrogen-bond donors (Lipinski definition) is 0. The van der Waals surface area contributed by atoms with E-state index in [1.54, 1.807) is 12.1 Å². The third kappa shape index (κ3) is 4.08. The summed E-state index contributed by atoms with van der Waals surface area (Å²) in [5.41, 5.74) is 1.88. The molecule has 1 saturated carbocycles. The van der Waals surface area contributed by atoms with Crippen LogP contribution in [-0.4, -0.2) is 54.4 Å². The summed E-state index contributed by atoms with van der Waals surface area (Å²) >= 11 is 0. The Morgan fingerprint density at radius 1 is 1.13 bits per heavy atom. The number of hydrogen-bond acceptors (Lipinski definition) is 6. The molecule has 2 saturated heterocycles. The standard InChI is InChI=1S/C23H30N4O4/c1-15(2)14-24-8-10-25(11-9-24)20-7-5-17(13-21(20)27(30)31)26-22(28)18-6-4-16(3)12-19(18)23(26)29/h5,7,13,16,18-19H,1,4,6,8-12,14H2,2-3H3/t16-,18+,19-/m0/s1. The molecule has 8 nitrogen and oxygen atoms in total. The van der Waals surface area contributed by atoms with Crippen molar-refractivity contribution in [3.63, 3.8) is 0 Å². The van der Waals surface area contributed by atoms with Crippen LogP contribution in [0.1, 0.15) is 33.1 Å². The maximum atomic E-state index is 13.0. The van der Waals surface area contributed by atoms with Crippen LogP contribution in [0.5, 0.6) is 0 Å². The molecule has 2 aliphatic heterocycles. The summed E-state index contributed by atoms with van der Waals surface area (Å²) in [5.74, 6) is -0.590. The van der Waals surface area contributed by atoms with Crippen LogP contribution in [-0.2, 0) is 9.59 Å². The minimum absolute atomic E-state index is 0.0605. The molecule has 1 aliphatic carbocycles. The van der Waals surface area contributed by atoms with Gasteiger partial charge in [0, 0.05) is 38.8 Å². The van der Waals surface area contributed by atoms with Crippen molar-refractivity contribution in [3.05, 3.63) is 40.5 Å². The average molecular weight is 427 g/mol. The first kappa shape index (κ1) is 21.5. The van der Waals surface area contributed by atoms with Gasteiger partial charge in [0.05, 0.1) is 22.4 Å². The van der Waals surface area contributed by atoms with E-state index in [1.807, 2.05) is 11.8 Å². The van der Waals surface area contributed by atoms with Crippen LogP contribution in [0.3, 0.4) is 0 Å². The van der Waals surface area contributed by atoms with E-state index >= 15 is 0 Å². The molecule has 2 heterocycles. The van der Waals surface area contributed by atoms with Gasteiger partial charge in [-0.05, 0) is 44.2 Å². The molecule has 0 aromatic heterocycles. The summed E-state index contributed by atoms with van der Waals surface area (Å²) in [4.78, 5) is 42.9. The van der Waals surface area contributed by atoms with Crippen molar-refractivity contribution in [2.24, 2.45) is 17.8 Å². The second-order valence-electron chi connectivity index (χ2n) is 9.29. The van der Waals surface area contributed by atoms with Crippen LogP contribution >= 0.6 is 0 Å². The summed E-state index contributed by atoms with van der Waals surface area (Å²) < 4.78 is 0. The molecule has 0 bridgehead atoms. The van der Waals surface area contributed by atoms with Gasteiger partial charge < -0.3 is 4.90 Å². The summed E-state index contributed by atoms with van der Waals surface area (Å²) in [6.07, 6.45) is 2.35. The Balaban J connectivity index is 1.57. The maximum Gasteiger partial charge on any atom is 0.294 e. The van der Waals surface area contributed by atoms with Crippen LogP contribution < -0.4 is 9.80 Å². The molecule has 8 heteroatoms. The normalized spacial score (nSPS) is 26.8. The van der Waals surface area contributed by atoms with Crippen molar-refractivity contribution in [1.82, 2.24) is 4.90 Å². The Labute approximate surface area is 182 Å². The number of nitro benzene ring substituents is 1. The largest absolute Gasteiger partial charge is 0.363 e. The SMILES string of the molecule is C=C(C)CN1CCN(c2ccc(N3C(=O)[C@H]4C[C@@H](C)CC[C@H]4C3=O)cc2[N+](=O)[O-])CC1. The van der Waals surface area contributed by atoms with Crippen LogP contribution in [0.15, 0.2) is 30.4 Å². The van der Waals surface area contributed by atoms with E-state index in [4.69, 9.17) is 0 Å². The van der Waals surface area contributed by atoms with Crippen LogP contribution in [0, 0.1) is 27.9 Å². The van der Waals surface area contributed by atoms with Crippen molar-refractivity contribution in [2.45, 2.75) is 33.1 Å². The van der Waals surface area contributed by atoms with Crippen molar-refractivity contribution in [3.8, 4) is 0 Å². The van der Waals surface area contributed by atoms with Gasteiger partial charge in [0.15, 0.2) is 0 Å². The average Bonchev–Trinajstić information content (AvgIpc) is 2.97. The summed E-state index contributed by atoms with van der Waals surface area (Å²) in [6, 6.07) is 4.76. The predicted octanol–water partition coefficient (Wildman–Crippen LogP) is 3.22. The molecule has 3 atom stereocenters. The Morgan fingerprint density at radius 2 is 1.81 bits per heavy atom.